The van der Waals surface area contributed by atoms with Crippen LogP contribution in [-0.2, 0) is 18.2 Å². The molecule has 1 aliphatic heterocycles. The number of aryl methyl sites for hydroxylation is 1. The lowest BCUT2D eigenvalue weighted by atomic mass is 10.0. The minimum Gasteiger partial charge on any atom is -0.375 e. The summed E-state index contributed by atoms with van der Waals surface area (Å²) in [5, 5.41) is 7.55. The summed E-state index contributed by atoms with van der Waals surface area (Å²) in [5.41, 5.74) is 1.26. The molecule has 0 amide bonds. The molecule has 2 atom stereocenters. The molecule has 5 heteroatoms. The molecule has 0 saturated carbocycles. The third kappa shape index (κ3) is 2.99. The first-order valence-corrected chi connectivity index (χ1v) is 6.79. The molecule has 0 bridgehead atoms. The lowest BCUT2D eigenvalue weighted by Gasteiger charge is -2.29. The molecule has 1 aliphatic rings. The Bertz CT molecular complexity index is 323. The molecule has 1 N–H and O–H groups in total. The number of thioether (sulfide) groups is 1. The number of ether oxygens (including phenoxy) is 1. The van der Waals surface area contributed by atoms with Gasteiger partial charge in [-0.3, -0.25) is 4.68 Å². The summed E-state index contributed by atoms with van der Waals surface area (Å²) in [6, 6.07) is 0.386. The maximum atomic E-state index is 5.80. The first kappa shape index (κ1) is 12.0. The number of hydrogen-bond donors (Lipinski definition) is 1. The zero-order valence-corrected chi connectivity index (χ0v) is 10.7. The van der Waals surface area contributed by atoms with Crippen LogP contribution in [-0.4, -0.2) is 47.1 Å². The summed E-state index contributed by atoms with van der Waals surface area (Å²) in [7, 11) is 3.95. The van der Waals surface area contributed by atoms with Crippen molar-refractivity contribution >= 4 is 11.8 Å². The summed E-state index contributed by atoms with van der Waals surface area (Å²) < 4.78 is 7.65. The normalized spacial score (nSPS) is 23.2. The smallest absolute Gasteiger partial charge is 0.0821 e. The van der Waals surface area contributed by atoms with E-state index in [2.05, 4.69) is 16.6 Å². The Morgan fingerprint density at radius 3 is 3.19 bits per heavy atom. The molecular formula is C11H19N3OS. The number of likely N-dealkylation sites (N-methyl/N-ethyl adjacent to an activating group) is 1. The molecule has 90 valence electrons. The number of nitrogens with one attached hydrogen (secondary N) is 1. The van der Waals surface area contributed by atoms with E-state index in [1.54, 1.807) is 0 Å². The van der Waals surface area contributed by atoms with E-state index in [9.17, 15) is 0 Å². The second-order valence-corrected chi connectivity index (χ2v) is 5.26. The Labute approximate surface area is 101 Å². The Kier molecular flexibility index (Phi) is 4.26. The Balaban J connectivity index is 1.94. The number of aromatic nitrogens is 2. The summed E-state index contributed by atoms with van der Waals surface area (Å²) in [6.07, 6.45) is 5.31. The number of rotatable bonds is 4. The lowest BCUT2D eigenvalue weighted by molar-refractivity contribution is 0.0492. The molecule has 0 aromatic carbocycles. The largest absolute Gasteiger partial charge is 0.375 e. The molecule has 2 rings (SSSR count). The minimum atomic E-state index is 0.323. The monoisotopic (exact) mass is 241 g/mol. The summed E-state index contributed by atoms with van der Waals surface area (Å²) in [4.78, 5) is 0. The van der Waals surface area contributed by atoms with Crippen molar-refractivity contribution in [2.45, 2.75) is 18.6 Å². The first-order valence-electron chi connectivity index (χ1n) is 5.63. The summed E-state index contributed by atoms with van der Waals surface area (Å²) >= 11 is 1.98. The standard InChI is InChI=1S/C11H19N3OS/c1-12-10(11-8-16-4-3-15-11)5-9-6-13-14(2)7-9/h6-7,10-12H,3-5,8H2,1-2H3. The van der Waals surface area contributed by atoms with Gasteiger partial charge in [0.2, 0.25) is 0 Å². The van der Waals surface area contributed by atoms with Gasteiger partial charge in [0.1, 0.15) is 0 Å². The van der Waals surface area contributed by atoms with Crippen molar-refractivity contribution in [3.63, 3.8) is 0 Å². The first-order chi connectivity index (χ1) is 7.79. The molecule has 0 spiro atoms. The van der Waals surface area contributed by atoms with Crippen LogP contribution < -0.4 is 5.32 Å². The predicted octanol–water partition coefficient (Wildman–Crippen LogP) is 0.683. The highest BCUT2D eigenvalue weighted by Crippen LogP contribution is 2.17. The quantitative estimate of drug-likeness (QED) is 0.841. The van der Waals surface area contributed by atoms with Gasteiger partial charge in [0, 0.05) is 30.8 Å². The van der Waals surface area contributed by atoms with Gasteiger partial charge >= 0.3 is 0 Å². The van der Waals surface area contributed by atoms with Gasteiger partial charge in [-0.25, -0.2) is 0 Å². The third-order valence-corrected chi connectivity index (χ3v) is 3.89. The van der Waals surface area contributed by atoms with Crippen molar-refractivity contribution in [3.05, 3.63) is 18.0 Å². The van der Waals surface area contributed by atoms with Gasteiger partial charge < -0.3 is 10.1 Å². The van der Waals surface area contributed by atoms with Gasteiger partial charge in [0.25, 0.3) is 0 Å². The zero-order chi connectivity index (χ0) is 11.4. The minimum absolute atomic E-state index is 0.323. The molecule has 1 aromatic heterocycles. The Morgan fingerprint density at radius 2 is 2.62 bits per heavy atom. The predicted molar refractivity (Wildman–Crippen MR) is 66.8 cm³/mol. The molecule has 1 saturated heterocycles. The van der Waals surface area contributed by atoms with Gasteiger partial charge in [-0.15, -0.1) is 0 Å². The van der Waals surface area contributed by atoms with Gasteiger partial charge in [0.05, 0.1) is 18.9 Å². The third-order valence-electron chi connectivity index (χ3n) is 2.88. The van der Waals surface area contributed by atoms with E-state index in [1.807, 2.05) is 36.7 Å². The lowest BCUT2D eigenvalue weighted by Crippen LogP contribution is -2.44. The van der Waals surface area contributed by atoms with E-state index in [0.717, 1.165) is 24.5 Å². The highest BCUT2D eigenvalue weighted by molar-refractivity contribution is 7.99. The van der Waals surface area contributed by atoms with E-state index >= 15 is 0 Å². The van der Waals surface area contributed by atoms with Crippen molar-refractivity contribution < 1.29 is 4.74 Å². The average Bonchev–Trinajstić information content (AvgIpc) is 2.73. The fourth-order valence-corrected chi connectivity index (χ4v) is 2.93. The second kappa shape index (κ2) is 5.70. The van der Waals surface area contributed by atoms with Gasteiger partial charge in [-0.1, -0.05) is 0 Å². The topological polar surface area (TPSA) is 39.1 Å². The van der Waals surface area contributed by atoms with Crippen molar-refractivity contribution in [1.82, 2.24) is 15.1 Å². The van der Waals surface area contributed by atoms with E-state index < -0.39 is 0 Å². The summed E-state index contributed by atoms with van der Waals surface area (Å²) in [5.74, 6) is 2.21. The molecular weight excluding hydrogens is 222 g/mol. The van der Waals surface area contributed by atoms with Crippen LogP contribution in [0.3, 0.4) is 0 Å². The van der Waals surface area contributed by atoms with Crippen LogP contribution in [0.2, 0.25) is 0 Å². The van der Waals surface area contributed by atoms with Gasteiger partial charge in [-0.2, -0.15) is 16.9 Å². The van der Waals surface area contributed by atoms with Crippen LogP contribution in [0.25, 0.3) is 0 Å². The SMILES string of the molecule is CNC(Cc1cnn(C)c1)C1CSCCO1. The van der Waals surface area contributed by atoms with Gasteiger partial charge in [0.15, 0.2) is 0 Å². The molecule has 1 aromatic rings. The fourth-order valence-electron chi connectivity index (χ4n) is 1.99. The van der Waals surface area contributed by atoms with Crippen molar-refractivity contribution in [1.29, 1.82) is 0 Å². The Morgan fingerprint density at radius 1 is 1.75 bits per heavy atom. The number of hydrogen-bond acceptors (Lipinski definition) is 4. The van der Waals surface area contributed by atoms with E-state index in [0.29, 0.717) is 12.1 Å². The van der Waals surface area contributed by atoms with Crippen LogP contribution in [0.15, 0.2) is 12.4 Å². The maximum Gasteiger partial charge on any atom is 0.0821 e. The zero-order valence-electron chi connectivity index (χ0n) is 9.85. The van der Waals surface area contributed by atoms with E-state index in [1.165, 1.54) is 5.56 Å². The van der Waals surface area contributed by atoms with E-state index in [-0.39, 0.29) is 0 Å². The van der Waals surface area contributed by atoms with Crippen LogP contribution in [0.4, 0.5) is 0 Å². The molecule has 2 heterocycles. The van der Waals surface area contributed by atoms with Crippen molar-refractivity contribution in [2.24, 2.45) is 7.05 Å². The van der Waals surface area contributed by atoms with Crippen molar-refractivity contribution in [3.8, 4) is 0 Å². The highest BCUT2D eigenvalue weighted by atomic mass is 32.2. The average molecular weight is 241 g/mol. The molecule has 2 unspecified atom stereocenters. The second-order valence-electron chi connectivity index (χ2n) is 4.11. The van der Waals surface area contributed by atoms with E-state index in [4.69, 9.17) is 4.74 Å². The van der Waals surface area contributed by atoms with Gasteiger partial charge in [-0.05, 0) is 19.0 Å². The maximum absolute atomic E-state index is 5.80. The summed E-state index contributed by atoms with van der Waals surface area (Å²) in [6.45, 7) is 0.876. The molecule has 1 fully saturated rings. The number of nitrogens with zero attached hydrogens (tertiary/aromatic N) is 2. The fraction of sp³-hybridized carbons (Fsp3) is 0.727. The molecule has 4 nitrogen and oxygen atoms in total. The van der Waals surface area contributed by atoms with Crippen molar-refractivity contribution in [2.75, 3.05) is 25.2 Å². The Hall–Kier alpha value is -0.520. The van der Waals surface area contributed by atoms with Crippen LogP contribution in [0.5, 0.6) is 0 Å². The van der Waals surface area contributed by atoms with Crippen LogP contribution in [0.1, 0.15) is 5.56 Å². The molecule has 0 aliphatic carbocycles. The molecule has 0 radical (unpaired) electrons. The van der Waals surface area contributed by atoms with Crippen LogP contribution in [0, 0.1) is 0 Å². The van der Waals surface area contributed by atoms with Crippen LogP contribution >= 0.6 is 11.8 Å². The molecule has 16 heavy (non-hydrogen) atoms. The highest BCUT2D eigenvalue weighted by Gasteiger charge is 2.23.